The number of amides is 3. The van der Waals surface area contributed by atoms with E-state index in [4.69, 9.17) is 4.98 Å². The Morgan fingerprint density at radius 1 is 0.820 bits per heavy atom. The van der Waals surface area contributed by atoms with Gasteiger partial charge in [-0.1, -0.05) is 44.2 Å². The summed E-state index contributed by atoms with van der Waals surface area (Å²) in [7, 11) is 0. The molecule has 3 amide bonds. The Hall–Kier alpha value is -6.03. The monoisotopic (exact) mass is 846 g/mol. The van der Waals surface area contributed by atoms with Crippen LogP contribution in [-0.4, -0.2) is 79.1 Å². The third-order valence-corrected chi connectivity index (χ3v) is 12.7. The number of rotatable bonds is 16. The van der Waals surface area contributed by atoms with Gasteiger partial charge in [0.1, 0.15) is 11.5 Å². The average molecular weight is 847 g/mol. The SMILES string of the molecule is CC(=O)c1c(C)c2cnc(Nc3ccc(N4CCN(C(=O)CCCCCCCC(=O)Nc5ccccc5C(=O)Nc5nc(C)c(C)s5)CC4)cn3)nc2n(C2CCCC2)c1=O. The van der Waals surface area contributed by atoms with Crippen LogP contribution in [0.3, 0.4) is 0 Å². The molecule has 5 heterocycles. The molecule has 1 aliphatic carbocycles. The molecule has 1 saturated heterocycles. The molecule has 0 unspecified atom stereocenters. The van der Waals surface area contributed by atoms with Crippen LogP contribution >= 0.6 is 11.3 Å². The molecule has 0 spiro atoms. The smallest absolute Gasteiger partial charge is 0.263 e. The van der Waals surface area contributed by atoms with Crippen molar-refractivity contribution in [1.82, 2.24) is 29.4 Å². The number of aromatic nitrogens is 5. The first kappa shape index (κ1) is 43.1. The van der Waals surface area contributed by atoms with Crippen LogP contribution in [0.5, 0.6) is 0 Å². The highest BCUT2D eigenvalue weighted by atomic mass is 32.1. The fraction of sp³-hybridized carbons (Fsp3) is 0.444. The zero-order valence-corrected chi connectivity index (χ0v) is 36.2. The van der Waals surface area contributed by atoms with Crippen LogP contribution in [-0.2, 0) is 9.59 Å². The van der Waals surface area contributed by atoms with E-state index in [1.807, 2.05) is 30.9 Å². The number of thiazole rings is 1. The molecule has 320 valence electrons. The Bertz CT molecular complexity index is 2450. The Morgan fingerprint density at radius 3 is 2.23 bits per heavy atom. The number of hydrogen-bond acceptors (Lipinski definition) is 12. The minimum Gasteiger partial charge on any atom is -0.367 e. The lowest BCUT2D eigenvalue weighted by atomic mass is 10.0. The van der Waals surface area contributed by atoms with E-state index in [0.717, 1.165) is 74.0 Å². The van der Waals surface area contributed by atoms with E-state index in [-0.39, 0.29) is 40.7 Å². The third kappa shape index (κ3) is 10.3. The highest BCUT2D eigenvalue weighted by Crippen LogP contribution is 2.32. The molecule has 16 heteroatoms. The number of hydrogen-bond donors (Lipinski definition) is 3. The van der Waals surface area contributed by atoms with Crippen LogP contribution in [0.25, 0.3) is 11.0 Å². The van der Waals surface area contributed by atoms with E-state index < -0.39 is 0 Å². The van der Waals surface area contributed by atoms with Gasteiger partial charge >= 0.3 is 0 Å². The fourth-order valence-corrected chi connectivity index (χ4v) is 9.04. The summed E-state index contributed by atoms with van der Waals surface area (Å²) in [5, 5.41) is 10.1. The van der Waals surface area contributed by atoms with Crippen LogP contribution in [0, 0.1) is 20.8 Å². The van der Waals surface area contributed by atoms with Crippen molar-refractivity contribution in [3.63, 3.8) is 0 Å². The number of pyridine rings is 2. The van der Waals surface area contributed by atoms with E-state index in [1.165, 1.54) is 18.3 Å². The van der Waals surface area contributed by atoms with Gasteiger partial charge in [0.05, 0.1) is 34.4 Å². The van der Waals surface area contributed by atoms with Gasteiger partial charge in [-0.05, 0) is 83.2 Å². The van der Waals surface area contributed by atoms with E-state index in [2.05, 4.69) is 35.8 Å². The van der Waals surface area contributed by atoms with Crippen molar-refractivity contribution < 1.29 is 19.2 Å². The topological polar surface area (TPSA) is 184 Å². The number of nitrogens with zero attached hydrogens (tertiary/aromatic N) is 7. The molecule has 7 rings (SSSR count). The van der Waals surface area contributed by atoms with E-state index in [1.54, 1.807) is 48.1 Å². The molecule has 0 bridgehead atoms. The molecule has 5 aromatic rings. The number of piperazine rings is 1. The van der Waals surface area contributed by atoms with Gasteiger partial charge in [-0.3, -0.25) is 33.9 Å². The predicted molar refractivity (Wildman–Crippen MR) is 239 cm³/mol. The fourth-order valence-electron chi connectivity index (χ4n) is 8.23. The first-order valence-corrected chi connectivity index (χ1v) is 22.1. The van der Waals surface area contributed by atoms with Crippen molar-refractivity contribution in [3.8, 4) is 0 Å². The minimum absolute atomic E-state index is 0.00196. The molecule has 1 saturated carbocycles. The second-order valence-electron chi connectivity index (χ2n) is 16.0. The quantitative estimate of drug-likeness (QED) is 0.0648. The van der Waals surface area contributed by atoms with Crippen molar-refractivity contribution in [2.75, 3.05) is 47.0 Å². The number of ketones is 1. The van der Waals surface area contributed by atoms with Crippen molar-refractivity contribution in [2.24, 2.45) is 0 Å². The number of anilines is 5. The summed E-state index contributed by atoms with van der Waals surface area (Å²) >= 11 is 1.42. The molecule has 15 nitrogen and oxygen atoms in total. The normalized spacial score (nSPS) is 14.4. The first-order chi connectivity index (χ1) is 29.5. The second kappa shape index (κ2) is 19.6. The second-order valence-corrected chi connectivity index (χ2v) is 17.2. The van der Waals surface area contributed by atoms with Gasteiger partial charge in [-0.25, -0.2) is 15.0 Å². The molecule has 0 radical (unpaired) electrons. The van der Waals surface area contributed by atoms with Crippen LogP contribution in [0.1, 0.15) is 120 Å². The summed E-state index contributed by atoms with van der Waals surface area (Å²) in [6.45, 7) is 9.76. The van der Waals surface area contributed by atoms with Gasteiger partial charge in [0.2, 0.25) is 17.8 Å². The standard InChI is InChI=1S/C45H54N10O5S/c1-28-35-27-47-44(51-41(35)55(32-14-10-11-15-32)43(60)40(28)30(3)56)50-37-21-20-33(26-46-37)53-22-24-54(25-23-53)39(58)19-9-7-5-6-8-18-38(57)49-36-17-13-12-16-34(36)42(59)52-45-48-29(2)31(4)61-45/h12-13,16-17,20-21,26-27,32H,5-11,14-15,18-19,22-25H2,1-4H3,(H,49,57)(H,48,52,59)(H,46,47,50,51). The van der Waals surface area contributed by atoms with Crippen LogP contribution in [0.15, 0.2) is 53.6 Å². The Balaban J connectivity index is 0.812. The lowest BCUT2D eigenvalue weighted by Crippen LogP contribution is -2.48. The Labute approximate surface area is 359 Å². The summed E-state index contributed by atoms with van der Waals surface area (Å²) in [4.78, 5) is 88.2. The summed E-state index contributed by atoms with van der Waals surface area (Å²) in [6, 6.07) is 10.8. The Kier molecular flexibility index (Phi) is 13.8. The molecular formula is C45H54N10O5S. The minimum atomic E-state index is -0.316. The summed E-state index contributed by atoms with van der Waals surface area (Å²) < 4.78 is 1.70. The summed E-state index contributed by atoms with van der Waals surface area (Å²) in [6.07, 6.45) is 12.4. The zero-order valence-electron chi connectivity index (χ0n) is 35.4. The molecule has 3 N–H and O–H groups in total. The Morgan fingerprint density at radius 2 is 1.54 bits per heavy atom. The third-order valence-electron chi connectivity index (χ3n) is 11.7. The average Bonchev–Trinajstić information content (AvgIpc) is 3.89. The maximum absolute atomic E-state index is 13.6. The van der Waals surface area contributed by atoms with E-state index >= 15 is 0 Å². The predicted octanol–water partition coefficient (Wildman–Crippen LogP) is 7.90. The maximum atomic E-state index is 13.6. The number of carbonyl (C=O) groups is 4. The summed E-state index contributed by atoms with van der Waals surface area (Å²) in [5.41, 5.74) is 3.75. The number of unbranched alkanes of at least 4 members (excludes halogenated alkanes) is 4. The zero-order chi connectivity index (χ0) is 43.0. The van der Waals surface area contributed by atoms with Gasteiger partial charge in [0.25, 0.3) is 11.5 Å². The lowest BCUT2D eigenvalue weighted by molar-refractivity contribution is -0.131. The molecule has 61 heavy (non-hydrogen) atoms. The van der Waals surface area contributed by atoms with Crippen LogP contribution in [0.4, 0.5) is 28.3 Å². The number of carbonyl (C=O) groups excluding carboxylic acids is 4. The largest absolute Gasteiger partial charge is 0.367 e. The molecule has 2 fully saturated rings. The first-order valence-electron chi connectivity index (χ1n) is 21.3. The molecule has 0 atom stereocenters. The van der Waals surface area contributed by atoms with Crippen molar-refractivity contribution >= 4 is 74.1 Å². The van der Waals surface area contributed by atoms with Crippen molar-refractivity contribution in [1.29, 1.82) is 0 Å². The van der Waals surface area contributed by atoms with Gasteiger partial charge in [0.15, 0.2) is 10.9 Å². The van der Waals surface area contributed by atoms with E-state index in [9.17, 15) is 24.0 Å². The summed E-state index contributed by atoms with van der Waals surface area (Å²) in [5.74, 6) is 0.350. The molecule has 1 aliphatic heterocycles. The maximum Gasteiger partial charge on any atom is 0.263 e. The van der Waals surface area contributed by atoms with Gasteiger partial charge < -0.3 is 20.4 Å². The van der Waals surface area contributed by atoms with Crippen molar-refractivity contribution in [3.05, 3.63) is 86.4 Å². The highest BCUT2D eigenvalue weighted by molar-refractivity contribution is 7.15. The molecular weight excluding hydrogens is 793 g/mol. The van der Waals surface area contributed by atoms with Gasteiger partial charge in [-0.2, -0.15) is 4.98 Å². The highest BCUT2D eigenvalue weighted by Gasteiger charge is 2.26. The molecule has 4 aromatic heterocycles. The molecule has 2 aliphatic rings. The number of para-hydroxylation sites is 1. The molecule has 1 aromatic carbocycles. The number of fused-ring (bicyclic) bond motifs is 1. The lowest BCUT2D eigenvalue weighted by Gasteiger charge is -2.36. The number of benzene rings is 1. The van der Waals surface area contributed by atoms with Gasteiger partial charge in [-0.15, -0.1) is 11.3 Å². The number of nitrogens with one attached hydrogen (secondary N) is 3. The van der Waals surface area contributed by atoms with Gasteiger partial charge in [0, 0.05) is 61.5 Å². The number of Topliss-reactive ketones (excluding diaryl/α,β-unsaturated/α-hetero) is 1. The van der Waals surface area contributed by atoms with E-state index in [0.29, 0.717) is 83.8 Å². The van der Waals surface area contributed by atoms with Crippen molar-refractivity contribution in [2.45, 2.75) is 104 Å². The van der Waals surface area contributed by atoms with Crippen LogP contribution in [0.2, 0.25) is 0 Å². The number of aryl methyl sites for hydroxylation is 3. The van der Waals surface area contributed by atoms with Crippen LogP contribution < -0.4 is 26.4 Å².